The molecular weight excluding hydrogens is 184 g/mol. The van der Waals surface area contributed by atoms with Gasteiger partial charge in [-0.2, -0.15) is 0 Å². The van der Waals surface area contributed by atoms with Crippen LogP contribution in [0.4, 0.5) is 0 Å². The van der Waals surface area contributed by atoms with Gasteiger partial charge in [-0.05, 0) is 12.8 Å². The molecule has 0 aliphatic heterocycles. The van der Waals surface area contributed by atoms with Crippen molar-refractivity contribution < 1.29 is 4.79 Å². The van der Waals surface area contributed by atoms with Crippen molar-refractivity contribution in [3.63, 3.8) is 0 Å². The zero-order chi connectivity index (χ0) is 9.90. The second-order valence-corrected chi connectivity index (χ2v) is 4.44. The molecule has 0 radical (unpaired) electrons. The van der Waals surface area contributed by atoms with Gasteiger partial charge < -0.3 is 11.1 Å². The van der Waals surface area contributed by atoms with Crippen molar-refractivity contribution in [2.45, 2.75) is 32.6 Å². The maximum Gasteiger partial charge on any atom is 0.226 e. The van der Waals surface area contributed by atoms with E-state index in [1.807, 2.05) is 6.92 Å². The van der Waals surface area contributed by atoms with Crippen molar-refractivity contribution in [3.8, 4) is 0 Å². The van der Waals surface area contributed by atoms with Gasteiger partial charge in [-0.25, -0.2) is 0 Å². The molecule has 0 aromatic carbocycles. The van der Waals surface area contributed by atoms with Crippen molar-refractivity contribution in [3.05, 3.63) is 0 Å². The van der Waals surface area contributed by atoms with Crippen molar-refractivity contribution in [1.82, 2.24) is 5.32 Å². The molecule has 0 atom stereocenters. The summed E-state index contributed by atoms with van der Waals surface area (Å²) in [5.74, 6) is 0.0952. The standard InChI is InChI=1S/C9H16N2OS/c1-9(4-2-3-5-9)8(12)11-6-7(10)13/h2-6H2,1H3,(H2,10,13)(H,11,12). The smallest absolute Gasteiger partial charge is 0.226 e. The molecular formula is C9H16N2OS. The average Bonchev–Trinajstić information content (AvgIpc) is 2.49. The maximum atomic E-state index is 11.6. The molecule has 3 nitrogen and oxygen atoms in total. The zero-order valence-electron chi connectivity index (χ0n) is 7.93. The Kier molecular flexibility index (Phi) is 3.25. The van der Waals surface area contributed by atoms with E-state index in [1.165, 1.54) is 0 Å². The van der Waals surface area contributed by atoms with Crippen LogP contribution in [0.5, 0.6) is 0 Å². The molecule has 0 saturated heterocycles. The lowest BCUT2D eigenvalue weighted by Gasteiger charge is -2.21. The molecule has 3 N–H and O–H groups in total. The number of nitrogens with one attached hydrogen (secondary N) is 1. The number of carbonyl (C=O) groups is 1. The van der Waals surface area contributed by atoms with Crippen LogP contribution in [0, 0.1) is 5.41 Å². The Labute approximate surface area is 84.1 Å². The van der Waals surface area contributed by atoms with Crippen LogP contribution < -0.4 is 11.1 Å². The molecule has 1 aliphatic carbocycles. The highest BCUT2D eigenvalue weighted by molar-refractivity contribution is 7.80. The average molecular weight is 200 g/mol. The second-order valence-electron chi connectivity index (χ2n) is 3.92. The minimum Gasteiger partial charge on any atom is -0.392 e. The topological polar surface area (TPSA) is 55.1 Å². The van der Waals surface area contributed by atoms with Crippen molar-refractivity contribution in [2.24, 2.45) is 11.1 Å². The predicted molar refractivity (Wildman–Crippen MR) is 56.4 cm³/mol. The van der Waals surface area contributed by atoms with Crippen LogP contribution in [0.15, 0.2) is 0 Å². The quantitative estimate of drug-likeness (QED) is 0.667. The van der Waals surface area contributed by atoms with Crippen molar-refractivity contribution >= 4 is 23.1 Å². The molecule has 1 rings (SSSR count). The summed E-state index contributed by atoms with van der Waals surface area (Å²) in [7, 11) is 0. The second kappa shape index (κ2) is 4.05. The highest BCUT2D eigenvalue weighted by atomic mass is 32.1. The van der Waals surface area contributed by atoms with E-state index in [0.29, 0.717) is 11.5 Å². The molecule has 1 amide bonds. The summed E-state index contributed by atoms with van der Waals surface area (Å²) in [6, 6.07) is 0. The van der Waals surface area contributed by atoms with Crippen molar-refractivity contribution in [2.75, 3.05) is 6.54 Å². The summed E-state index contributed by atoms with van der Waals surface area (Å²) in [4.78, 5) is 12.0. The van der Waals surface area contributed by atoms with E-state index >= 15 is 0 Å². The predicted octanol–water partition coefficient (Wildman–Crippen LogP) is 0.969. The van der Waals surface area contributed by atoms with E-state index in [4.69, 9.17) is 5.73 Å². The van der Waals surface area contributed by atoms with Crippen LogP contribution in [0.25, 0.3) is 0 Å². The molecule has 0 heterocycles. The number of carbonyl (C=O) groups excluding carboxylic acids is 1. The first-order valence-electron chi connectivity index (χ1n) is 4.61. The Morgan fingerprint density at radius 2 is 2.08 bits per heavy atom. The molecule has 0 bridgehead atoms. The molecule has 0 aromatic heterocycles. The lowest BCUT2D eigenvalue weighted by atomic mass is 9.88. The van der Waals surface area contributed by atoms with Gasteiger partial charge in [0.15, 0.2) is 0 Å². The fourth-order valence-corrected chi connectivity index (χ4v) is 1.84. The van der Waals surface area contributed by atoms with E-state index in [-0.39, 0.29) is 11.3 Å². The van der Waals surface area contributed by atoms with Gasteiger partial charge in [0.1, 0.15) is 0 Å². The molecule has 0 unspecified atom stereocenters. The normalized spacial score (nSPS) is 19.8. The first-order valence-corrected chi connectivity index (χ1v) is 5.02. The summed E-state index contributed by atoms with van der Waals surface area (Å²) in [6.07, 6.45) is 4.26. The minimum absolute atomic E-state index is 0.0952. The molecule has 1 saturated carbocycles. The van der Waals surface area contributed by atoms with Gasteiger partial charge in [0.25, 0.3) is 0 Å². The summed E-state index contributed by atoms with van der Waals surface area (Å²) >= 11 is 4.69. The summed E-state index contributed by atoms with van der Waals surface area (Å²) in [5, 5.41) is 2.76. The molecule has 4 heteroatoms. The first-order chi connectivity index (χ1) is 6.04. The van der Waals surface area contributed by atoms with Crippen molar-refractivity contribution in [1.29, 1.82) is 0 Å². The largest absolute Gasteiger partial charge is 0.392 e. The number of rotatable bonds is 3. The van der Waals surface area contributed by atoms with Crippen LogP contribution in [-0.4, -0.2) is 17.4 Å². The molecule has 74 valence electrons. The van der Waals surface area contributed by atoms with Crippen LogP contribution in [0.2, 0.25) is 0 Å². The van der Waals surface area contributed by atoms with E-state index in [2.05, 4.69) is 17.5 Å². The van der Waals surface area contributed by atoms with Crippen LogP contribution in [-0.2, 0) is 4.79 Å². The SMILES string of the molecule is CC1(C(=O)NCC(N)=S)CCCC1. The van der Waals surface area contributed by atoms with Crippen LogP contribution >= 0.6 is 12.2 Å². The Hall–Kier alpha value is -0.640. The van der Waals surface area contributed by atoms with Gasteiger partial charge in [-0.1, -0.05) is 32.0 Å². The lowest BCUT2D eigenvalue weighted by molar-refractivity contribution is -0.129. The lowest BCUT2D eigenvalue weighted by Crippen LogP contribution is -2.40. The number of thiocarbonyl (C=S) groups is 1. The summed E-state index contributed by atoms with van der Waals surface area (Å²) in [5.41, 5.74) is 5.12. The Bertz CT molecular complexity index is 222. The fraction of sp³-hybridized carbons (Fsp3) is 0.778. The van der Waals surface area contributed by atoms with Gasteiger partial charge in [-0.15, -0.1) is 0 Å². The Morgan fingerprint density at radius 3 is 2.54 bits per heavy atom. The third-order valence-electron chi connectivity index (χ3n) is 2.68. The maximum absolute atomic E-state index is 11.6. The third-order valence-corrected chi connectivity index (χ3v) is 2.82. The zero-order valence-corrected chi connectivity index (χ0v) is 8.75. The van der Waals surface area contributed by atoms with E-state index < -0.39 is 0 Å². The summed E-state index contributed by atoms with van der Waals surface area (Å²) < 4.78 is 0. The monoisotopic (exact) mass is 200 g/mol. The number of hydrogen-bond donors (Lipinski definition) is 2. The third kappa shape index (κ3) is 2.66. The first kappa shape index (κ1) is 10.4. The Balaban J connectivity index is 2.42. The Morgan fingerprint density at radius 1 is 1.54 bits per heavy atom. The minimum atomic E-state index is -0.176. The van der Waals surface area contributed by atoms with E-state index in [0.717, 1.165) is 25.7 Å². The number of hydrogen-bond acceptors (Lipinski definition) is 2. The molecule has 1 aliphatic rings. The number of amides is 1. The van der Waals surface area contributed by atoms with Gasteiger partial charge in [0.05, 0.1) is 11.5 Å². The van der Waals surface area contributed by atoms with Crippen LogP contribution in [0.1, 0.15) is 32.6 Å². The molecule has 0 spiro atoms. The summed E-state index contributed by atoms with van der Waals surface area (Å²) in [6.45, 7) is 2.33. The highest BCUT2D eigenvalue weighted by Crippen LogP contribution is 2.37. The van der Waals surface area contributed by atoms with Crippen LogP contribution in [0.3, 0.4) is 0 Å². The fourth-order valence-electron chi connectivity index (χ4n) is 1.76. The van der Waals surface area contributed by atoms with Gasteiger partial charge >= 0.3 is 0 Å². The molecule has 1 fully saturated rings. The van der Waals surface area contributed by atoms with E-state index in [1.54, 1.807) is 0 Å². The van der Waals surface area contributed by atoms with E-state index in [9.17, 15) is 4.79 Å². The van der Waals surface area contributed by atoms with Gasteiger partial charge in [0.2, 0.25) is 5.91 Å². The van der Waals surface area contributed by atoms with Gasteiger partial charge in [-0.3, -0.25) is 4.79 Å². The highest BCUT2D eigenvalue weighted by Gasteiger charge is 2.35. The molecule has 13 heavy (non-hydrogen) atoms. The number of nitrogens with two attached hydrogens (primary N) is 1. The molecule has 0 aromatic rings. The van der Waals surface area contributed by atoms with Gasteiger partial charge in [0, 0.05) is 5.41 Å².